The number of aromatic nitrogens is 1. The molecule has 1 N–H and O–H groups in total. The number of nitrogens with zero attached hydrogens (tertiary/aromatic N) is 2. The highest BCUT2D eigenvalue weighted by atomic mass is 32.1. The van der Waals surface area contributed by atoms with Crippen LogP contribution in [0.1, 0.15) is 16.8 Å². The van der Waals surface area contributed by atoms with Crippen LogP contribution in [0.15, 0.2) is 59.1 Å². The predicted octanol–water partition coefficient (Wildman–Crippen LogP) is 4.57. The minimum absolute atomic E-state index is 0.219. The number of rotatable bonds is 6. The summed E-state index contributed by atoms with van der Waals surface area (Å²) in [5, 5.41) is 9.37. The van der Waals surface area contributed by atoms with Crippen molar-refractivity contribution >= 4 is 29.1 Å². The monoisotopic (exact) mass is 365 g/mol. The van der Waals surface area contributed by atoms with Crippen molar-refractivity contribution < 1.29 is 9.63 Å². The van der Waals surface area contributed by atoms with Crippen molar-refractivity contribution in [2.75, 3.05) is 5.32 Å². The lowest BCUT2D eigenvalue weighted by atomic mass is 10.1. The highest BCUT2D eigenvalue weighted by Gasteiger charge is 2.05. The van der Waals surface area contributed by atoms with Gasteiger partial charge in [0.15, 0.2) is 6.61 Å². The number of carbonyl (C=O) groups is 1. The summed E-state index contributed by atoms with van der Waals surface area (Å²) in [7, 11) is 0. The Labute approximate surface area is 156 Å². The summed E-state index contributed by atoms with van der Waals surface area (Å²) in [6, 6.07) is 15.7. The van der Waals surface area contributed by atoms with Crippen molar-refractivity contribution in [1.29, 1.82) is 0 Å². The van der Waals surface area contributed by atoms with E-state index in [-0.39, 0.29) is 12.5 Å². The van der Waals surface area contributed by atoms with E-state index < -0.39 is 0 Å². The van der Waals surface area contributed by atoms with Crippen LogP contribution in [0.2, 0.25) is 0 Å². The maximum absolute atomic E-state index is 11.9. The fourth-order valence-corrected chi connectivity index (χ4v) is 3.14. The molecular weight excluding hydrogens is 346 g/mol. The molecule has 1 heterocycles. The van der Waals surface area contributed by atoms with E-state index >= 15 is 0 Å². The molecule has 0 radical (unpaired) electrons. The number of carbonyl (C=O) groups excluding carboxylic acids is 1. The van der Waals surface area contributed by atoms with E-state index in [0.717, 1.165) is 39.3 Å². The molecular formula is C20H19N3O2S. The fraction of sp³-hybridized carbons (Fsp3) is 0.150. The molecule has 5 nitrogen and oxygen atoms in total. The topological polar surface area (TPSA) is 63.6 Å². The van der Waals surface area contributed by atoms with Crippen molar-refractivity contribution in [3.63, 3.8) is 0 Å². The molecule has 0 aliphatic heterocycles. The van der Waals surface area contributed by atoms with E-state index in [4.69, 9.17) is 4.84 Å². The van der Waals surface area contributed by atoms with Gasteiger partial charge >= 0.3 is 0 Å². The average molecular weight is 365 g/mol. The van der Waals surface area contributed by atoms with E-state index in [0.29, 0.717) is 0 Å². The molecule has 0 bridgehead atoms. The van der Waals surface area contributed by atoms with Gasteiger partial charge in [0.2, 0.25) is 0 Å². The first-order valence-corrected chi connectivity index (χ1v) is 9.04. The Kier molecular flexibility index (Phi) is 5.76. The molecule has 26 heavy (non-hydrogen) atoms. The molecule has 3 aromatic rings. The van der Waals surface area contributed by atoms with Gasteiger partial charge in [-0.1, -0.05) is 47.6 Å². The summed E-state index contributed by atoms with van der Waals surface area (Å²) < 4.78 is 0. The third-order valence-corrected chi connectivity index (χ3v) is 4.83. The van der Waals surface area contributed by atoms with Gasteiger partial charge in [-0.3, -0.25) is 4.79 Å². The number of hydrogen-bond acceptors (Lipinski definition) is 5. The zero-order valence-corrected chi connectivity index (χ0v) is 15.4. The quantitative estimate of drug-likeness (QED) is 0.514. The Hall–Kier alpha value is -2.99. The van der Waals surface area contributed by atoms with Crippen molar-refractivity contribution in [2.45, 2.75) is 20.5 Å². The number of oxime groups is 1. The number of aryl methyl sites for hydroxylation is 1. The Balaban J connectivity index is 1.51. The molecule has 0 saturated heterocycles. The SMILES string of the molecule is Cc1cccc(NC(=O)/C=N\OCc2csc(-c3ccccc3)n2)c1C. The van der Waals surface area contributed by atoms with Crippen LogP contribution in [-0.2, 0) is 16.2 Å². The lowest BCUT2D eigenvalue weighted by molar-refractivity contribution is -0.110. The molecule has 6 heteroatoms. The van der Waals surface area contributed by atoms with Crippen LogP contribution in [0.3, 0.4) is 0 Å². The van der Waals surface area contributed by atoms with Gasteiger partial charge in [0.1, 0.15) is 11.2 Å². The third kappa shape index (κ3) is 4.55. The van der Waals surface area contributed by atoms with Gasteiger partial charge in [-0.15, -0.1) is 11.3 Å². The smallest absolute Gasteiger partial charge is 0.270 e. The first kappa shape index (κ1) is 17.8. The zero-order valence-electron chi connectivity index (χ0n) is 14.6. The molecule has 132 valence electrons. The molecule has 0 spiro atoms. The molecule has 1 aromatic heterocycles. The number of benzene rings is 2. The maximum atomic E-state index is 11.9. The highest BCUT2D eigenvalue weighted by molar-refractivity contribution is 7.13. The number of amides is 1. The van der Waals surface area contributed by atoms with E-state index in [1.807, 2.05) is 67.8 Å². The molecule has 0 fully saturated rings. The second-order valence-electron chi connectivity index (χ2n) is 5.75. The van der Waals surface area contributed by atoms with Crippen molar-refractivity contribution in [1.82, 2.24) is 4.98 Å². The standard InChI is InChI=1S/C20H19N3O2S/c1-14-7-6-10-18(15(14)2)23-19(24)11-21-25-12-17-13-26-20(22-17)16-8-4-3-5-9-16/h3-11,13H,12H2,1-2H3,(H,23,24)/b21-11-. The normalized spacial score (nSPS) is 10.8. The lowest BCUT2D eigenvalue weighted by Crippen LogP contribution is -2.14. The van der Waals surface area contributed by atoms with Gasteiger partial charge in [0.05, 0.1) is 5.69 Å². The molecule has 3 rings (SSSR count). The average Bonchev–Trinajstić information content (AvgIpc) is 3.12. The largest absolute Gasteiger partial charge is 0.389 e. The predicted molar refractivity (Wildman–Crippen MR) is 105 cm³/mol. The van der Waals surface area contributed by atoms with Gasteiger partial charge in [-0.05, 0) is 31.0 Å². The van der Waals surface area contributed by atoms with E-state index in [2.05, 4.69) is 15.5 Å². The lowest BCUT2D eigenvalue weighted by Gasteiger charge is -2.08. The molecule has 0 unspecified atom stereocenters. The second-order valence-corrected chi connectivity index (χ2v) is 6.61. The van der Waals surface area contributed by atoms with Gasteiger partial charge < -0.3 is 10.2 Å². The first-order chi connectivity index (χ1) is 12.6. The second kappa shape index (κ2) is 8.40. The van der Waals surface area contributed by atoms with Crippen LogP contribution >= 0.6 is 11.3 Å². The Morgan fingerprint density at radius 2 is 2.00 bits per heavy atom. The molecule has 1 amide bonds. The number of nitrogens with one attached hydrogen (secondary N) is 1. The van der Waals surface area contributed by atoms with Crippen LogP contribution in [-0.4, -0.2) is 17.1 Å². The van der Waals surface area contributed by atoms with Crippen LogP contribution in [0.5, 0.6) is 0 Å². The minimum atomic E-state index is -0.332. The Morgan fingerprint density at radius 1 is 1.19 bits per heavy atom. The molecule has 0 aliphatic rings. The van der Waals surface area contributed by atoms with Gasteiger partial charge in [-0.25, -0.2) is 4.98 Å². The third-order valence-electron chi connectivity index (χ3n) is 3.89. The van der Waals surface area contributed by atoms with Crippen LogP contribution in [0, 0.1) is 13.8 Å². The van der Waals surface area contributed by atoms with Gasteiger partial charge in [0, 0.05) is 16.6 Å². The summed E-state index contributed by atoms with van der Waals surface area (Å²) in [5.74, 6) is -0.332. The summed E-state index contributed by atoms with van der Waals surface area (Å²) in [6.07, 6.45) is 1.13. The van der Waals surface area contributed by atoms with Crippen LogP contribution < -0.4 is 5.32 Å². The van der Waals surface area contributed by atoms with Crippen molar-refractivity contribution in [2.24, 2.45) is 5.16 Å². The molecule has 0 aliphatic carbocycles. The Bertz CT molecular complexity index is 920. The van der Waals surface area contributed by atoms with Crippen molar-refractivity contribution in [3.8, 4) is 10.6 Å². The van der Waals surface area contributed by atoms with E-state index in [9.17, 15) is 4.79 Å². The van der Waals surface area contributed by atoms with Crippen LogP contribution in [0.4, 0.5) is 5.69 Å². The zero-order chi connectivity index (χ0) is 18.4. The number of thiazole rings is 1. The summed E-state index contributed by atoms with van der Waals surface area (Å²) >= 11 is 1.55. The fourth-order valence-electron chi connectivity index (χ4n) is 2.33. The maximum Gasteiger partial charge on any atom is 0.270 e. The summed E-state index contributed by atoms with van der Waals surface area (Å²) in [6.45, 7) is 4.18. The molecule has 0 atom stereocenters. The minimum Gasteiger partial charge on any atom is -0.389 e. The van der Waals surface area contributed by atoms with Crippen LogP contribution in [0.25, 0.3) is 10.6 Å². The Morgan fingerprint density at radius 3 is 2.81 bits per heavy atom. The van der Waals surface area contributed by atoms with Crippen molar-refractivity contribution in [3.05, 3.63) is 70.7 Å². The first-order valence-electron chi connectivity index (χ1n) is 8.16. The van der Waals surface area contributed by atoms with Gasteiger partial charge in [-0.2, -0.15) is 0 Å². The molecule has 0 saturated carbocycles. The van der Waals surface area contributed by atoms with E-state index in [1.54, 1.807) is 11.3 Å². The number of hydrogen-bond donors (Lipinski definition) is 1. The van der Waals surface area contributed by atoms with E-state index in [1.165, 1.54) is 0 Å². The van der Waals surface area contributed by atoms with Gasteiger partial charge in [0.25, 0.3) is 5.91 Å². The highest BCUT2D eigenvalue weighted by Crippen LogP contribution is 2.23. The summed E-state index contributed by atoms with van der Waals surface area (Å²) in [5.41, 5.74) is 4.77. The summed E-state index contributed by atoms with van der Waals surface area (Å²) in [4.78, 5) is 21.6. The number of anilines is 1. The molecule has 2 aromatic carbocycles.